The molecule has 3 heterocycles. The van der Waals surface area contributed by atoms with Crippen molar-refractivity contribution in [1.82, 2.24) is 19.5 Å². The van der Waals surface area contributed by atoms with Gasteiger partial charge < -0.3 is 4.74 Å². The second-order valence-corrected chi connectivity index (χ2v) is 8.90. The van der Waals surface area contributed by atoms with Gasteiger partial charge in [0.1, 0.15) is 11.4 Å². The molecule has 6 heteroatoms. The van der Waals surface area contributed by atoms with Crippen LogP contribution >= 0.6 is 15.9 Å². The van der Waals surface area contributed by atoms with Gasteiger partial charge in [0.05, 0.1) is 10.7 Å². The molecule has 1 saturated carbocycles. The van der Waals surface area contributed by atoms with Gasteiger partial charge in [-0.05, 0) is 65.4 Å². The summed E-state index contributed by atoms with van der Waals surface area (Å²) in [5.74, 6) is 1.78. The van der Waals surface area contributed by atoms with Gasteiger partial charge in [-0.2, -0.15) is 5.10 Å². The Kier molecular flexibility index (Phi) is 4.20. The van der Waals surface area contributed by atoms with E-state index in [1.165, 1.54) is 19.5 Å². The number of ether oxygens (including phenoxy) is 1. The van der Waals surface area contributed by atoms with E-state index in [-0.39, 0.29) is 5.60 Å². The Labute approximate surface area is 167 Å². The second kappa shape index (κ2) is 6.60. The molecule has 27 heavy (non-hydrogen) atoms. The van der Waals surface area contributed by atoms with Gasteiger partial charge >= 0.3 is 0 Å². The Morgan fingerprint density at radius 3 is 2.70 bits per heavy atom. The predicted molar refractivity (Wildman–Crippen MR) is 109 cm³/mol. The quantitative estimate of drug-likeness (QED) is 0.605. The van der Waals surface area contributed by atoms with Crippen LogP contribution in [0.15, 0.2) is 47.3 Å². The summed E-state index contributed by atoms with van der Waals surface area (Å²) in [4.78, 5) is 7.05. The zero-order valence-corrected chi connectivity index (χ0v) is 17.0. The fourth-order valence-electron chi connectivity index (χ4n) is 3.97. The molecule has 0 spiro atoms. The van der Waals surface area contributed by atoms with E-state index in [1.54, 1.807) is 10.7 Å². The van der Waals surface area contributed by atoms with Gasteiger partial charge in [0, 0.05) is 31.0 Å². The summed E-state index contributed by atoms with van der Waals surface area (Å²) < 4.78 is 9.09. The smallest absolute Gasteiger partial charge is 0.169 e. The summed E-state index contributed by atoms with van der Waals surface area (Å²) in [7, 11) is 0. The van der Waals surface area contributed by atoms with E-state index in [9.17, 15) is 0 Å². The summed E-state index contributed by atoms with van der Waals surface area (Å²) in [5.41, 5.74) is 3.01. The van der Waals surface area contributed by atoms with E-state index in [2.05, 4.69) is 62.1 Å². The van der Waals surface area contributed by atoms with Crippen LogP contribution in [0.3, 0.4) is 0 Å². The summed E-state index contributed by atoms with van der Waals surface area (Å²) in [6, 6.07) is 8.35. The third-order valence-electron chi connectivity index (χ3n) is 5.66. The van der Waals surface area contributed by atoms with Crippen LogP contribution in [0.2, 0.25) is 0 Å². The first-order chi connectivity index (χ1) is 13.1. The lowest BCUT2D eigenvalue weighted by Gasteiger charge is -2.24. The molecule has 0 bridgehead atoms. The maximum Gasteiger partial charge on any atom is 0.169 e. The first-order valence-corrected chi connectivity index (χ1v) is 10.4. The minimum absolute atomic E-state index is 0.0351. The highest BCUT2D eigenvalue weighted by Gasteiger charge is 2.47. The lowest BCUT2D eigenvalue weighted by Crippen LogP contribution is -2.35. The van der Waals surface area contributed by atoms with Gasteiger partial charge in [-0.25, -0.2) is 9.50 Å². The number of likely N-dealkylation sites (tertiary alicyclic amines) is 1. The van der Waals surface area contributed by atoms with Gasteiger partial charge in [-0.3, -0.25) is 4.90 Å². The molecule has 1 atom stereocenters. The van der Waals surface area contributed by atoms with E-state index >= 15 is 0 Å². The zero-order chi connectivity index (χ0) is 18.4. The molecule has 2 fully saturated rings. The number of fused-ring (bicyclic) bond motifs is 1. The van der Waals surface area contributed by atoms with Crippen molar-refractivity contribution in [3.05, 3.63) is 47.3 Å². The van der Waals surface area contributed by atoms with Crippen molar-refractivity contribution in [2.75, 3.05) is 19.6 Å². The van der Waals surface area contributed by atoms with Crippen LogP contribution in [0, 0.1) is 5.92 Å². The van der Waals surface area contributed by atoms with Crippen molar-refractivity contribution in [1.29, 1.82) is 0 Å². The van der Waals surface area contributed by atoms with Crippen LogP contribution in [-0.2, 0) is 0 Å². The highest BCUT2D eigenvalue weighted by atomic mass is 79.9. The highest BCUT2D eigenvalue weighted by Crippen LogP contribution is 2.42. The maximum absolute atomic E-state index is 6.39. The van der Waals surface area contributed by atoms with Gasteiger partial charge in [-0.1, -0.05) is 19.1 Å². The summed E-state index contributed by atoms with van der Waals surface area (Å²) >= 11 is 3.46. The van der Waals surface area contributed by atoms with E-state index in [1.807, 2.05) is 12.4 Å². The Morgan fingerprint density at radius 2 is 2.00 bits per heavy atom. The van der Waals surface area contributed by atoms with Gasteiger partial charge in [0.15, 0.2) is 5.65 Å². The van der Waals surface area contributed by atoms with Crippen molar-refractivity contribution in [2.45, 2.75) is 31.8 Å². The number of halogens is 1. The van der Waals surface area contributed by atoms with Crippen LogP contribution < -0.4 is 4.74 Å². The van der Waals surface area contributed by atoms with Gasteiger partial charge in [-0.15, -0.1) is 0 Å². The zero-order valence-electron chi connectivity index (χ0n) is 15.4. The topological polar surface area (TPSA) is 42.7 Å². The molecule has 0 radical (unpaired) electrons. The van der Waals surface area contributed by atoms with Crippen LogP contribution in [-0.4, -0.2) is 44.7 Å². The Balaban J connectivity index is 1.29. The monoisotopic (exact) mass is 426 g/mol. The van der Waals surface area contributed by atoms with E-state index in [0.717, 1.165) is 52.3 Å². The lowest BCUT2D eigenvalue weighted by molar-refractivity contribution is 0.124. The summed E-state index contributed by atoms with van der Waals surface area (Å²) in [6.07, 6.45) is 9.28. The minimum Gasteiger partial charge on any atom is -0.486 e. The maximum atomic E-state index is 6.39. The molecule has 1 unspecified atom stereocenters. The third kappa shape index (κ3) is 3.48. The van der Waals surface area contributed by atoms with Crippen LogP contribution in [0.25, 0.3) is 16.8 Å². The molecule has 5 rings (SSSR count). The lowest BCUT2D eigenvalue weighted by atomic mass is 10.1. The van der Waals surface area contributed by atoms with Crippen LogP contribution in [0.1, 0.15) is 26.2 Å². The number of rotatable bonds is 5. The Morgan fingerprint density at radius 1 is 1.19 bits per heavy atom. The van der Waals surface area contributed by atoms with E-state index < -0.39 is 0 Å². The first kappa shape index (κ1) is 17.2. The molecule has 3 aromatic rings. The molecule has 1 aliphatic carbocycles. The van der Waals surface area contributed by atoms with Crippen LogP contribution in [0.4, 0.5) is 0 Å². The average Bonchev–Trinajstić information content (AvgIpc) is 3.13. The predicted octanol–water partition coefficient (Wildman–Crippen LogP) is 4.41. The number of nitrogens with zero attached hydrogens (tertiary/aromatic N) is 4. The van der Waals surface area contributed by atoms with Crippen molar-refractivity contribution in [3.8, 4) is 16.9 Å². The molecule has 1 aliphatic heterocycles. The third-order valence-corrected chi connectivity index (χ3v) is 6.22. The Bertz CT molecular complexity index is 964. The molecule has 1 aromatic carbocycles. The number of aromatic nitrogens is 3. The molecule has 0 amide bonds. The van der Waals surface area contributed by atoms with Crippen LogP contribution in [0.5, 0.6) is 5.75 Å². The molecule has 1 saturated heterocycles. The van der Waals surface area contributed by atoms with Crippen molar-refractivity contribution >= 4 is 21.6 Å². The number of hydrogen-bond donors (Lipinski definition) is 0. The van der Waals surface area contributed by atoms with Crippen molar-refractivity contribution in [2.24, 2.45) is 5.92 Å². The highest BCUT2D eigenvalue weighted by molar-refractivity contribution is 9.10. The largest absolute Gasteiger partial charge is 0.486 e. The van der Waals surface area contributed by atoms with E-state index in [0.29, 0.717) is 0 Å². The van der Waals surface area contributed by atoms with Crippen molar-refractivity contribution in [3.63, 3.8) is 0 Å². The molecular weight excluding hydrogens is 404 g/mol. The molecule has 0 N–H and O–H groups in total. The molecule has 2 aromatic heterocycles. The van der Waals surface area contributed by atoms with Gasteiger partial charge in [0.2, 0.25) is 0 Å². The standard InChI is InChI=1S/C21H23BrN4O/c1-15-6-9-25(12-15)14-21(7-8-21)27-18-4-2-16(3-5-18)17-10-23-20-19(22)11-24-26(20)13-17/h2-5,10-11,13,15H,6-9,12,14H2,1H3. The molecular formula is C21H23BrN4O. The second-order valence-electron chi connectivity index (χ2n) is 8.04. The summed E-state index contributed by atoms with van der Waals surface area (Å²) in [5, 5.41) is 4.31. The van der Waals surface area contributed by atoms with Crippen molar-refractivity contribution < 1.29 is 4.74 Å². The molecule has 2 aliphatic rings. The fourth-order valence-corrected chi connectivity index (χ4v) is 4.35. The SMILES string of the molecule is CC1CCN(CC2(Oc3ccc(-c4cnc5c(Br)cnn5c4)cc3)CC2)C1. The minimum atomic E-state index is 0.0351. The Hall–Kier alpha value is -1.92. The number of benzene rings is 1. The number of hydrogen-bond acceptors (Lipinski definition) is 4. The first-order valence-electron chi connectivity index (χ1n) is 9.61. The summed E-state index contributed by atoms with van der Waals surface area (Å²) in [6.45, 7) is 5.83. The molecule has 140 valence electrons. The average molecular weight is 427 g/mol. The fraction of sp³-hybridized carbons (Fsp3) is 0.429. The van der Waals surface area contributed by atoms with Gasteiger partial charge in [0.25, 0.3) is 0 Å². The molecule has 5 nitrogen and oxygen atoms in total. The van der Waals surface area contributed by atoms with E-state index in [4.69, 9.17) is 4.74 Å². The normalized spacial score (nSPS) is 21.6.